The maximum absolute atomic E-state index is 12.4. The van der Waals surface area contributed by atoms with E-state index in [0.717, 1.165) is 32.5 Å². The van der Waals surface area contributed by atoms with E-state index >= 15 is 0 Å². The standard InChI is InChI=1S/C20H24N4OS/c1-23(2)19-21-18(25)20(22-19)10-12-24(13-11-20)14-16-8-9-17(26-16)15-6-4-3-5-7-15/h3-9H,10-14H2,1-2H3,(H,21,22,25). The van der Waals surface area contributed by atoms with Crippen molar-refractivity contribution >= 4 is 23.2 Å². The number of hydrogen-bond acceptors (Lipinski definition) is 5. The SMILES string of the molecule is CN(C)C1=NC2(CCN(Cc3ccc(-c4ccccc4)s3)CC2)C(=O)N1. The molecule has 3 heterocycles. The van der Waals surface area contributed by atoms with Crippen LogP contribution in [0, 0.1) is 0 Å². The third-order valence-electron chi connectivity index (χ3n) is 5.17. The van der Waals surface area contributed by atoms with Gasteiger partial charge in [0.25, 0.3) is 5.91 Å². The van der Waals surface area contributed by atoms with Gasteiger partial charge in [-0.1, -0.05) is 30.3 Å². The van der Waals surface area contributed by atoms with Crippen LogP contribution in [0.15, 0.2) is 47.5 Å². The monoisotopic (exact) mass is 368 g/mol. The Morgan fingerprint density at radius 1 is 1.15 bits per heavy atom. The zero-order valence-corrected chi connectivity index (χ0v) is 16.1. The second-order valence-corrected chi connectivity index (χ2v) is 8.39. The molecule has 0 unspecified atom stereocenters. The lowest BCUT2D eigenvalue weighted by molar-refractivity contribution is -0.125. The molecule has 0 radical (unpaired) electrons. The van der Waals surface area contributed by atoms with Crippen LogP contribution >= 0.6 is 11.3 Å². The third kappa shape index (κ3) is 3.27. The van der Waals surface area contributed by atoms with Gasteiger partial charge in [0, 0.05) is 43.5 Å². The molecular formula is C20H24N4OS. The first-order valence-electron chi connectivity index (χ1n) is 9.01. The number of hydrogen-bond donors (Lipinski definition) is 1. The second-order valence-electron chi connectivity index (χ2n) is 7.22. The second kappa shape index (κ2) is 6.85. The average molecular weight is 369 g/mol. The molecule has 136 valence electrons. The van der Waals surface area contributed by atoms with Crippen LogP contribution in [0.25, 0.3) is 10.4 Å². The number of aliphatic imine (C=N–C) groups is 1. The highest BCUT2D eigenvalue weighted by molar-refractivity contribution is 7.15. The molecule has 26 heavy (non-hydrogen) atoms. The van der Waals surface area contributed by atoms with Gasteiger partial charge in [-0.25, -0.2) is 4.99 Å². The van der Waals surface area contributed by atoms with Crippen LogP contribution < -0.4 is 5.32 Å². The minimum absolute atomic E-state index is 0.0586. The molecule has 1 aromatic carbocycles. The maximum atomic E-state index is 12.4. The first kappa shape index (κ1) is 17.2. The van der Waals surface area contributed by atoms with Gasteiger partial charge in [-0.2, -0.15) is 0 Å². The lowest BCUT2D eigenvalue weighted by Crippen LogP contribution is -2.49. The Kier molecular flexibility index (Phi) is 4.54. The molecule has 4 rings (SSSR count). The predicted octanol–water partition coefficient (Wildman–Crippen LogP) is 2.80. The van der Waals surface area contributed by atoms with Gasteiger partial charge >= 0.3 is 0 Å². The Hall–Kier alpha value is -2.18. The Bertz CT molecular complexity index is 819. The van der Waals surface area contributed by atoms with Crippen LogP contribution in [-0.2, 0) is 11.3 Å². The van der Waals surface area contributed by atoms with E-state index in [4.69, 9.17) is 4.99 Å². The van der Waals surface area contributed by atoms with E-state index in [1.807, 2.05) is 36.4 Å². The third-order valence-corrected chi connectivity index (χ3v) is 6.29. The molecule has 1 spiro atoms. The van der Waals surface area contributed by atoms with Crippen LogP contribution in [0.1, 0.15) is 17.7 Å². The van der Waals surface area contributed by atoms with Gasteiger partial charge in [-0.15, -0.1) is 11.3 Å². The molecule has 2 aliphatic heterocycles. The lowest BCUT2D eigenvalue weighted by Gasteiger charge is -2.35. The summed E-state index contributed by atoms with van der Waals surface area (Å²) < 4.78 is 0. The fourth-order valence-corrected chi connectivity index (χ4v) is 4.63. The van der Waals surface area contributed by atoms with Crippen molar-refractivity contribution in [2.75, 3.05) is 27.2 Å². The molecule has 2 aromatic rings. The molecule has 1 fully saturated rings. The maximum Gasteiger partial charge on any atom is 0.254 e. The fraction of sp³-hybridized carbons (Fsp3) is 0.400. The van der Waals surface area contributed by atoms with E-state index in [-0.39, 0.29) is 5.91 Å². The van der Waals surface area contributed by atoms with E-state index in [0.29, 0.717) is 5.96 Å². The molecule has 0 atom stereocenters. The number of benzene rings is 1. The van der Waals surface area contributed by atoms with Crippen molar-refractivity contribution in [3.63, 3.8) is 0 Å². The number of piperidine rings is 1. The first-order chi connectivity index (χ1) is 12.6. The van der Waals surface area contributed by atoms with Crippen LogP contribution in [-0.4, -0.2) is 54.4 Å². The number of amides is 1. The first-order valence-corrected chi connectivity index (χ1v) is 9.82. The summed E-state index contributed by atoms with van der Waals surface area (Å²) in [6, 6.07) is 14.9. The van der Waals surface area contributed by atoms with Crippen LogP contribution in [0.4, 0.5) is 0 Å². The number of guanidine groups is 1. The average Bonchev–Trinajstić information content (AvgIpc) is 3.24. The van der Waals surface area contributed by atoms with Gasteiger partial charge in [0.05, 0.1) is 0 Å². The number of rotatable bonds is 3. The summed E-state index contributed by atoms with van der Waals surface area (Å²) in [6.45, 7) is 2.74. The van der Waals surface area contributed by atoms with Crippen LogP contribution in [0.5, 0.6) is 0 Å². The van der Waals surface area contributed by atoms with Gasteiger partial charge in [0.1, 0.15) is 5.54 Å². The summed E-state index contributed by atoms with van der Waals surface area (Å²) in [4.78, 5) is 24.1. The minimum atomic E-state index is -0.555. The molecule has 5 nitrogen and oxygen atoms in total. The van der Waals surface area contributed by atoms with Gasteiger partial charge in [0.2, 0.25) is 5.96 Å². The smallest absolute Gasteiger partial charge is 0.254 e. The van der Waals surface area contributed by atoms with Crippen molar-refractivity contribution in [3.8, 4) is 10.4 Å². The zero-order valence-electron chi connectivity index (χ0n) is 15.2. The number of nitrogens with one attached hydrogen (secondary N) is 1. The van der Waals surface area contributed by atoms with Crippen molar-refractivity contribution < 1.29 is 4.79 Å². The van der Waals surface area contributed by atoms with Crippen molar-refractivity contribution in [1.82, 2.24) is 15.1 Å². The van der Waals surface area contributed by atoms with Crippen molar-refractivity contribution in [2.24, 2.45) is 4.99 Å². The molecule has 1 amide bonds. The van der Waals surface area contributed by atoms with Crippen LogP contribution in [0.3, 0.4) is 0 Å². The highest BCUT2D eigenvalue weighted by atomic mass is 32.1. The molecule has 0 saturated carbocycles. The summed E-state index contributed by atoms with van der Waals surface area (Å²) in [7, 11) is 3.82. The van der Waals surface area contributed by atoms with Crippen LogP contribution in [0.2, 0.25) is 0 Å². The van der Waals surface area contributed by atoms with E-state index in [1.54, 1.807) is 0 Å². The van der Waals surface area contributed by atoms with Gasteiger partial charge < -0.3 is 4.90 Å². The van der Waals surface area contributed by atoms with Gasteiger partial charge in [0.15, 0.2) is 0 Å². The lowest BCUT2D eigenvalue weighted by atomic mass is 9.88. The number of carbonyl (C=O) groups is 1. The molecule has 6 heteroatoms. The topological polar surface area (TPSA) is 47.9 Å². The highest BCUT2D eigenvalue weighted by Crippen LogP contribution is 2.33. The summed E-state index contributed by atoms with van der Waals surface area (Å²) in [5.41, 5.74) is 0.718. The number of nitrogens with zero attached hydrogens (tertiary/aromatic N) is 3. The molecule has 1 N–H and O–H groups in total. The van der Waals surface area contributed by atoms with Gasteiger partial charge in [-0.05, 0) is 30.5 Å². The fourth-order valence-electron chi connectivity index (χ4n) is 3.57. The van der Waals surface area contributed by atoms with Gasteiger partial charge in [-0.3, -0.25) is 15.0 Å². The molecule has 2 aliphatic rings. The van der Waals surface area contributed by atoms with E-state index < -0.39 is 5.54 Å². The minimum Gasteiger partial charge on any atom is -0.349 e. The molecular weight excluding hydrogens is 344 g/mol. The molecule has 0 bridgehead atoms. The number of likely N-dealkylation sites (tertiary alicyclic amines) is 1. The Labute approximate surface area is 158 Å². The molecule has 1 aromatic heterocycles. The molecule has 1 saturated heterocycles. The van der Waals surface area contributed by atoms with Crippen molar-refractivity contribution in [2.45, 2.75) is 24.9 Å². The van der Waals surface area contributed by atoms with Crippen molar-refractivity contribution in [1.29, 1.82) is 0 Å². The van der Waals surface area contributed by atoms with E-state index in [1.165, 1.54) is 15.3 Å². The summed E-state index contributed by atoms with van der Waals surface area (Å²) >= 11 is 1.85. The van der Waals surface area contributed by atoms with E-state index in [9.17, 15) is 4.79 Å². The van der Waals surface area contributed by atoms with Crippen molar-refractivity contribution in [3.05, 3.63) is 47.3 Å². The zero-order chi connectivity index (χ0) is 18.1. The predicted molar refractivity (Wildman–Crippen MR) is 106 cm³/mol. The quantitative estimate of drug-likeness (QED) is 0.906. The summed E-state index contributed by atoms with van der Waals surface area (Å²) in [6.07, 6.45) is 1.57. The summed E-state index contributed by atoms with van der Waals surface area (Å²) in [5.74, 6) is 0.748. The number of carbonyl (C=O) groups excluding carboxylic acids is 1. The molecule has 0 aliphatic carbocycles. The highest BCUT2D eigenvalue weighted by Gasteiger charge is 2.46. The summed E-state index contributed by atoms with van der Waals surface area (Å²) in [5, 5.41) is 2.92. The number of thiophene rings is 1. The normalized spacial score (nSPS) is 19.5. The van der Waals surface area contributed by atoms with E-state index in [2.05, 4.69) is 46.6 Å². The Morgan fingerprint density at radius 2 is 1.88 bits per heavy atom. The Balaban J connectivity index is 1.39. The largest absolute Gasteiger partial charge is 0.349 e. The Morgan fingerprint density at radius 3 is 2.54 bits per heavy atom.